The number of carbonyl (C=O) groups is 2. The number of carboxylic acid groups (broad SMARTS) is 1. The summed E-state index contributed by atoms with van der Waals surface area (Å²) in [6, 6.07) is 2.52. The number of carboxylic acids is 1. The quantitative estimate of drug-likeness (QED) is 0.615. The zero-order valence-electron chi connectivity index (χ0n) is 11.5. The Morgan fingerprint density at radius 2 is 2.05 bits per heavy atom. The van der Waals surface area contributed by atoms with Crippen LogP contribution >= 0.6 is 0 Å². The first-order valence-electron chi connectivity index (χ1n) is 6.19. The van der Waals surface area contributed by atoms with Crippen LogP contribution in [0.4, 0.5) is 10.1 Å². The Kier molecular flexibility index (Phi) is 5.34. The number of nitro groups is 1. The molecule has 0 bridgehead atoms. The highest BCUT2D eigenvalue weighted by Crippen LogP contribution is 2.19. The second-order valence-corrected chi connectivity index (χ2v) is 4.82. The highest BCUT2D eigenvalue weighted by molar-refractivity contribution is 5.98. The van der Waals surface area contributed by atoms with E-state index < -0.39 is 39.8 Å². The first-order valence-corrected chi connectivity index (χ1v) is 6.19. The molecule has 0 aliphatic rings. The van der Waals surface area contributed by atoms with Crippen molar-refractivity contribution in [1.29, 1.82) is 0 Å². The van der Waals surface area contributed by atoms with Crippen LogP contribution < -0.4 is 5.32 Å². The molecule has 1 amide bonds. The molecule has 0 heterocycles. The normalized spacial score (nSPS) is 12.0. The molecule has 1 aromatic carbocycles. The zero-order chi connectivity index (χ0) is 16.2. The molecular formula is C13H15FN2O5. The van der Waals surface area contributed by atoms with Crippen molar-refractivity contribution < 1.29 is 24.0 Å². The number of nitrogens with one attached hydrogen (secondary N) is 1. The lowest BCUT2D eigenvalue weighted by Crippen LogP contribution is -2.35. The molecule has 0 saturated carbocycles. The van der Waals surface area contributed by atoms with E-state index in [1.54, 1.807) is 13.8 Å². The van der Waals surface area contributed by atoms with E-state index in [9.17, 15) is 24.1 Å². The molecule has 1 aromatic rings. The van der Waals surface area contributed by atoms with E-state index in [2.05, 4.69) is 5.32 Å². The van der Waals surface area contributed by atoms with Gasteiger partial charge in [0.25, 0.3) is 11.6 Å². The highest BCUT2D eigenvalue weighted by atomic mass is 19.1. The number of nitrogens with zero attached hydrogens (tertiary/aromatic N) is 1. The lowest BCUT2D eigenvalue weighted by atomic mass is 9.96. The monoisotopic (exact) mass is 298 g/mol. The average Bonchev–Trinajstić information content (AvgIpc) is 2.37. The van der Waals surface area contributed by atoms with Gasteiger partial charge < -0.3 is 10.4 Å². The van der Waals surface area contributed by atoms with E-state index in [0.717, 1.165) is 18.2 Å². The molecule has 1 atom stereocenters. The van der Waals surface area contributed by atoms with Crippen LogP contribution in [-0.2, 0) is 4.79 Å². The number of halogens is 1. The van der Waals surface area contributed by atoms with Gasteiger partial charge in [0.2, 0.25) is 0 Å². The summed E-state index contributed by atoms with van der Waals surface area (Å²) in [7, 11) is 0. The van der Waals surface area contributed by atoms with Gasteiger partial charge in [-0.3, -0.25) is 19.7 Å². The van der Waals surface area contributed by atoms with Crippen molar-refractivity contribution in [2.24, 2.45) is 11.8 Å². The molecular weight excluding hydrogens is 283 g/mol. The first-order chi connectivity index (χ1) is 9.73. The topological polar surface area (TPSA) is 110 Å². The summed E-state index contributed by atoms with van der Waals surface area (Å²) in [5, 5.41) is 22.1. The summed E-state index contributed by atoms with van der Waals surface area (Å²) < 4.78 is 13.1. The lowest BCUT2D eigenvalue weighted by Gasteiger charge is -2.16. The van der Waals surface area contributed by atoms with Gasteiger partial charge >= 0.3 is 5.97 Å². The predicted molar refractivity (Wildman–Crippen MR) is 71.4 cm³/mol. The molecule has 21 heavy (non-hydrogen) atoms. The molecule has 0 aliphatic carbocycles. The van der Waals surface area contributed by atoms with Crippen molar-refractivity contribution in [2.45, 2.75) is 13.8 Å². The summed E-state index contributed by atoms with van der Waals surface area (Å²) in [4.78, 5) is 32.9. The van der Waals surface area contributed by atoms with Crippen molar-refractivity contribution in [3.63, 3.8) is 0 Å². The number of hydrogen-bond acceptors (Lipinski definition) is 4. The van der Waals surface area contributed by atoms with Gasteiger partial charge in [-0.15, -0.1) is 0 Å². The standard InChI is InChI=1S/C13H15FN2O5/c1-7(2)10(13(18)19)6-15-12(17)9-5-8(14)3-4-11(9)16(20)21/h3-5,7,10H,6H2,1-2H3,(H,15,17)(H,18,19). The van der Waals surface area contributed by atoms with Gasteiger partial charge in [-0.25, -0.2) is 4.39 Å². The fourth-order valence-corrected chi connectivity index (χ4v) is 1.76. The number of benzene rings is 1. The average molecular weight is 298 g/mol. The smallest absolute Gasteiger partial charge is 0.308 e. The van der Waals surface area contributed by atoms with Crippen molar-refractivity contribution >= 4 is 17.6 Å². The van der Waals surface area contributed by atoms with Crippen molar-refractivity contribution in [2.75, 3.05) is 6.54 Å². The maximum Gasteiger partial charge on any atom is 0.308 e. The molecule has 1 rings (SSSR count). The predicted octanol–water partition coefficient (Wildman–Crippen LogP) is 1.82. The third-order valence-electron chi connectivity index (χ3n) is 3.00. The molecule has 114 valence electrons. The second kappa shape index (κ2) is 6.78. The Hall–Kier alpha value is -2.51. The van der Waals surface area contributed by atoms with Crippen molar-refractivity contribution in [3.05, 3.63) is 39.7 Å². The summed E-state index contributed by atoms with van der Waals surface area (Å²) in [5.74, 6) is -3.82. The van der Waals surface area contributed by atoms with E-state index in [1.807, 2.05) is 0 Å². The Morgan fingerprint density at radius 1 is 1.43 bits per heavy atom. The van der Waals surface area contributed by atoms with Crippen LogP contribution in [0, 0.1) is 27.8 Å². The van der Waals surface area contributed by atoms with Crippen LogP contribution in [0.15, 0.2) is 18.2 Å². The molecule has 7 nitrogen and oxygen atoms in total. The van der Waals surface area contributed by atoms with Crippen LogP contribution in [0.3, 0.4) is 0 Å². The van der Waals surface area contributed by atoms with E-state index in [0.29, 0.717) is 0 Å². The summed E-state index contributed by atoms with van der Waals surface area (Å²) >= 11 is 0. The summed E-state index contributed by atoms with van der Waals surface area (Å²) in [6.45, 7) is 3.16. The van der Waals surface area contributed by atoms with Gasteiger partial charge in [-0.2, -0.15) is 0 Å². The molecule has 0 fully saturated rings. The third-order valence-corrected chi connectivity index (χ3v) is 3.00. The molecule has 8 heteroatoms. The largest absolute Gasteiger partial charge is 0.481 e. The Balaban J connectivity index is 2.92. The number of carbonyl (C=O) groups excluding carboxylic acids is 1. The lowest BCUT2D eigenvalue weighted by molar-refractivity contribution is -0.385. The SMILES string of the molecule is CC(C)C(CNC(=O)c1cc(F)ccc1[N+](=O)[O-])C(=O)O. The van der Waals surface area contributed by atoms with E-state index in [-0.39, 0.29) is 12.5 Å². The number of amides is 1. The molecule has 0 saturated heterocycles. The van der Waals surface area contributed by atoms with Crippen LogP contribution in [0.25, 0.3) is 0 Å². The van der Waals surface area contributed by atoms with Gasteiger partial charge in [0.15, 0.2) is 0 Å². The maximum atomic E-state index is 13.1. The Labute approximate surface area is 119 Å². The summed E-state index contributed by atoms with van der Waals surface area (Å²) in [6.07, 6.45) is 0. The second-order valence-electron chi connectivity index (χ2n) is 4.82. The molecule has 2 N–H and O–H groups in total. The number of rotatable bonds is 6. The Bertz CT molecular complexity index is 574. The van der Waals surface area contributed by atoms with Crippen LogP contribution in [-0.4, -0.2) is 28.5 Å². The van der Waals surface area contributed by atoms with Crippen molar-refractivity contribution in [1.82, 2.24) is 5.32 Å². The van der Waals surface area contributed by atoms with Crippen LogP contribution in [0.1, 0.15) is 24.2 Å². The maximum absolute atomic E-state index is 13.1. The van der Waals surface area contributed by atoms with E-state index >= 15 is 0 Å². The van der Waals surface area contributed by atoms with Gasteiger partial charge in [0.05, 0.1) is 10.8 Å². The molecule has 0 aromatic heterocycles. The molecule has 0 aliphatic heterocycles. The minimum atomic E-state index is -1.08. The van der Waals surface area contributed by atoms with Crippen molar-refractivity contribution in [3.8, 4) is 0 Å². The van der Waals surface area contributed by atoms with Gasteiger partial charge in [-0.05, 0) is 18.1 Å². The van der Waals surface area contributed by atoms with Crippen LogP contribution in [0.5, 0.6) is 0 Å². The molecule has 0 spiro atoms. The van der Waals surface area contributed by atoms with Gasteiger partial charge in [-0.1, -0.05) is 13.8 Å². The molecule has 1 unspecified atom stereocenters. The number of hydrogen-bond donors (Lipinski definition) is 2. The molecule has 0 radical (unpaired) electrons. The minimum Gasteiger partial charge on any atom is -0.481 e. The van der Waals surface area contributed by atoms with Gasteiger partial charge in [0.1, 0.15) is 11.4 Å². The fourth-order valence-electron chi connectivity index (χ4n) is 1.76. The van der Waals surface area contributed by atoms with Crippen LogP contribution in [0.2, 0.25) is 0 Å². The van der Waals surface area contributed by atoms with Gasteiger partial charge in [0, 0.05) is 12.6 Å². The number of nitro benzene ring substituents is 1. The highest BCUT2D eigenvalue weighted by Gasteiger charge is 2.25. The minimum absolute atomic E-state index is 0.195. The zero-order valence-corrected chi connectivity index (χ0v) is 11.5. The fraction of sp³-hybridized carbons (Fsp3) is 0.385. The van der Waals surface area contributed by atoms with E-state index in [4.69, 9.17) is 5.11 Å². The third kappa shape index (κ3) is 4.23. The first kappa shape index (κ1) is 16.5. The Morgan fingerprint density at radius 3 is 2.52 bits per heavy atom. The summed E-state index contributed by atoms with van der Waals surface area (Å²) in [5.41, 5.74) is -0.974. The van der Waals surface area contributed by atoms with E-state index in [1.165, 1.54) is 0 Å². The number of aliphatic carboxylic acids is 1.